The number of nitrogens with zero attached hydrogens (tertiary/aromatic N) is 1. The SMILES string of the molecule is CC/C(=C\C(C)(CC)CC)c1ccccn1. The van der Waals surface area contributed by atoms with Gasteiger partial charge in [0.2, 0.25) is 0 Å². The molecule has 0 aliphatic heterocycles. The molecule has 0 saturated heterocycles. The molecule has 0 N–H and O–H groups in total. The number of aromatic nitrogens is 1. The zero-order valence-electron chi connectivity index (χ0n) is 11.0. The lowest BCUT2D eigenvalue weighted by Gasteiger charge is -2.24. The summed E-state index contributed by atoms with van der Waals surface area (Å²) in [6.07, 6.45) is 7.69. The molecule has 1 heterocycles. The molecular weight excluding hydrogens is 194 g/mol. The molecule has 0 spiro atoms. The van der Waals surface area contributed by atoms with Crippen molar-refractivity contribution < 1.29 is 0 Å². The van der Waals surface area contributed by atoms with E-state index in [9.17, 15) is 0 Å². The van der Waals surface area contributed by atoms with E-state index in [-0.39, 0.29) is 0 Å². The fraction of sp³-hybridized carbons (Fsp3) is 0.533. The summed E-state index contributed by atoms with van der Waals surface area (Å²) in [5.41, 5.74) is 2.80. The van der Waals surface area contributed by atoms with E-state index < -0.39 is 0 Å². The molecule has 16 heavy (non-hydrogen) atoms. The molecule has 0 fully saturated rings. The zero-order valence-corrected chi connectivity index (χ0v) is 11.0. The molecule has 0 saturated carbocycles. The van der Waals surface area contributed by atoms with Gasteiger partial charge >= 0.3 is 0 Å². The van der Waals surface area contributed by atoms with Crippen LogP contribution < -0.4 is 0 Å². The van der Waals surface area contributed by atoms with Crippen LogP contribution in [0.2, 0.25) is 0 Å². The van der Waals surface area contributed by atoms with Gasteiger partial charge in [-0.25, -0.2) is 0 Å². The van der Waals surface area contributed by atoms with E-state index in [0.717, 1.165) is 12.1 Å². The van der Waals surface area contributed by atoms with Crippen LogP contribution in [-0.2, 0) is 0 Å². The van der Waals surface area contributed by atoms with Gasteiger partial charge in [0.1, 0.15) is 0 Å². The largest absolute Gasteiger partial charge is 0.257 e. The van der Waals surface area contributed by atoms with E-state index in [1.807, 2.05) is 12.3 Å². The highest BCUT2D eigenvalue weighted by Gasteiger charge is 2.17. The molecule has 1 heteroatoms. The average Bonchev–Trinajstić information content (AvgIpc) is 2.36. The summed E-state index contributed by atoms with van der Waals surface area (Å²) in [5.74, 6) is 0. The fourth-order valence-electron chi connectivity index (χ4n) is 1.78. The van der Waals surface area contributed by atoms with Crippen LogP contribution in [0.25, 0.3) is 5.57 Å². The summed E-state index contributed by atoms with van der Waals surface area (Å²) in [4.78, 5) is 4.43. The molecule has 1 nitrogen and oxygen atoms in total. The van der Waals surface area contributed by atoms with Crippen LogP contribution in [0, 0.1) is 5.41 Å². The van der Waals surface area contributed by atoms with E-state index in [4.69, 9.17) is 0 Å². The molecule has 0 aliphatic carbocycles. The zero-order chi connectivity index (χ0) is 12.0. The Labute approximate surface area is 99.6 Å². The van der Waals surface area contributed by atoms with Crippen molar-refractivity contribution in [2.24, 2.45) is 5.41 Å². The molecule has 0 radical (unpaired) electrons. The highest BCUT2D eigenvalue weighted by molar-refractivity contribution is 5.62. The minimum absolute atomic E-state index is 0.308. The Morgan fingerprint density at radius 1 is 1.25 bits per heavy atom. The standard InChI is InChI=1S/C15H23N/c1-5-13(12-15(4,6-2)7-3)14-10-8-9-11-16-14/h8-12H,5-7H2,1-4H3/b13-12+. The molecule has 0 amide bonds. The molecule has 1 aromatic heterocycles. The second-order valence-electron chi connectivity index (χ2n) is 4.60. The maximum Gasteiger partial charge on any atom is 0.0658 e. The first-order valence-corrected chi connectivity index (χ1v) is 6.28. The minimum atomic E-state index is 0.308. The third kappa shape index (κ3) is 3.19. The Hall–Kier alpha value is -1.11. The molecule has 0 atom stereocenters. The summed E-state index contributed by atoms with van der Waals surface area (Å²) in [6.45, 7) is 9.04. The van der Waals surface area contributed by atoms with Crippen LogP contribution in [0.3, 0.4) is 0 Å². The number of rotatable bonds is 5. The highest BCUT2D eigenvalue weighted by Crippen LogP contribution is 2.31. The van der Waals surface area contributed by atoms with E-state index in [2.05, 4.69) is 50.9 Å². The van der Waals surface area contributed by atoms with Crippen LogP contribution in [0.4, 0.5) is 0 Å². The van der Waals surface area contributed by atoms with E-state index >= 15 is 0 Å². The van der Waals surface area contributed by atoms with Gasteiger partial charge in [-0.05, 0) is 42.4 Å². The van der Waals surface area contributed by atoms with Crippen molar-refractivity contribution in [3.8, 4) is 0 Å². The molecule has 1 rings (SSSR count). The number of allylic oxidation sites excluding steroid dienone is 2. The third-order valence-electron chi connectivity index (χ3n) is 3.51. The Morgan fingerprint density at radius 3 is 2.38 bits per heavy atom. The quantitative estimate of drug-likeness (QED) is 0.696. The second kappa shape index (κ2) is 5.83. The van der Waals surface area contributed by atoms with Gasteiger partial charge in [-0.2, -0.15) is 0 Å². The monoisotopic (exact) mass is 217 g/mol. The molecular formula is C15H23N. The predicted octanol–water partition coefficient (Wildman–Crippen LogP) is 4.70. The van der Waals surface area contributed by atoms with E-state index in [1.165, 1.54) is 18.4 Å². The fourth-order valence-corrected chi connectivity index (χ4v) is 1.78. The van der Waals surface area contributed by atoms with Crippen molar-refractivity contribution >= 4 is 5.57 Å². The second-order valence-corrected chi connectivity index (χ2v) is 4.60. The van der Waals surface area contributed by atoms with Gasteiger partial charge in [-0.1, -0.05) is 39.8 Å². The van der Waals surface area contributed by atoms with Crippen LogP contribution in [0.1, 0.15) is 52.7 Å². The predicted molar refractivity (Wildman–Crippen MR) is 71.2 cm³/mol. The smallest absolute Gasteiger partial charge is 0.0658 e. The van der Waals surface area contributed by atoms with Crippen molar-refractivity contribution in [1.82, 2.24) is 4.98 Å². The molecule has 1 aromatic rings. The lowest BCUT2D eigenvalue weighted by Crippen LogP contribution is -2.10. The summed E-state index contributed by atoms with van der Waals surface area (Å²) in [5, 5.41) is 0. The van der Waals surface area contributed by atoms with Crippen molar-refractivity contribution in [2.75, 3.05) is 0 Å². The third-order valence-corrected chi connectivity index (χ3v) is 3.51. The number of hydrogen-bond donors (Lipinski definition) is 0. The van der Waals surface area contributed by atoms with Crippen LogP contribution >= 0.6 is 0 Å². The Bertz CT molecular complexity index is 334. The van der Waals surface area contributed by atoms with E-state index in [1.54, 1.807) is 0 Å². The maximum atomic E-state index is 4.43. The molecule has 0 bridgehead atoms. The first-order chi connectivity index (χ1) is 7.65. The summed E-state index contributed by atoms with van der Waals surface area (Å²) >= 11 is 0. The number of pyridine rings is 1. The van der Waals surface area contributed by atoms with Crippen molar-refractivity contribution in [1.29, 1.82) is 0 Å². The molecule has 0 aliphatic rings. The van der Waals surface area contributed by atoms with Crippen molar-refractivity contribution in [2.45, 2.75) is 47.0 Å². The topological polar surface area (TPSA) is 12.9 Å². The lowest BCUT2D eigenvalue weighted by atomic mass is 9.82. The maximum absolute atomic E-state index is 4.43. The minimum Gasteiger partial charge on any atom is -0.257 e. The summed E-state index contributed by atoms with van der Waals surface area (Å²) in [7, 11) is 0. The van der Waals surface area contributed by atoms with E-state index in [0.29, 0.717) is 5.41 Å². The van der Waals surface area contributed by atoms with Gasteiger partial charge < -0.3 is 0 Å². The normalized spacial score (nSPS) is 12.9. The lowest BCUT2D eigenvalue weighted by molar-refractivity contribution is 0.396. The first kappa shape index (κ1) is 13.0. The van der Waals surface area contributed by atoms with Crippen molar-refractivity contribution in [3.63, 3.8) is 0 Å². The van der Waals surface area contributed by atoms with Gasteiger partial charge in [-0.15, -0.1) is 0 Å². The van der Waals surface area contributed by atoms with Gasteiger partial charge in [0.25, 0.3) is 0 Å². The number of hydrogen-bond acceptors (Lipinski definition) is 1. The Balaban J connectivity index is 3.03. The first-order valence-electron chi connectivity index (χ1n) is 6.28. The summed E-state index contributed by atoms with van der Waals surface area (Å²) in [6, 6.07) is 6.12. The van der Waals surface area contributed by atoms with Gasteiger partial charge in [0, 0.05) is 6.20 Å². The summed E-state index contributed by atoms with van der Waals surface area (Å²) < 4.78 is 0. The molecule has 0 aromatic carbocycles. The van der Waals surface area contributed by atoms with Gasteiger partial charge in [-0.3, -0.25) is 4.98 Å². The molecule has 0 unspecified atom stereocenters. The molecule has 88 valence electrons. The highest BCUT2D eigenvalue weighted by atomic mass is 14.7. The van der Waals surface area contributed by atoms with Crippen LogP contribution in [0.5, 0.6) is 0 Å². The van der Waals surface area contributed by atoms with Gasteiger partial charge in [0.15, 0.2) is 0 Å². The van der Waals surface area contributed by atoms with Gasteiger partial charge in [0.05, 0.1) is 5.69 Å². The van der Waals surface area contributed by atoms with Crippen molar-refractivity contribution in [3.05, 3.63) is 36.2 Å². The van der Waals surface area contributed by atoms with Crippen LogP contribution in [0.15, 0.2) is 30.5 Å². The Morgan fingerprint density at radius 2 is 1.94 bits per heavy atom. The van der Waals surface area contributed by atoms with Crippen LogP contribution in [-0.4, -0.2) is 4.98 Å². The average molecular weight is 217 g/mol. The Kier molecular flexibility index (Phi) is 4.72.